The summed E-state index contributed by atoms with van der Waals surface area (Å²) in [7, 11) is -4.78. The minimum Gasteiger partial charge on any atom is -0.399 e. The van der Waals surface area contributed by atoms with Crippen molar-refractivity contribution in [2.75, 3.05) is 5.73 Å². The van der Waals surface area contributed by atoms with Gasteiger partial charge in [-0.15, -0.1) is 0 Å². The Kier molecular flexibility index (Phi) is 4.05. The van der Waals surface area contributed by atoms with Crippen molar-refractivity contribution in [3.8, 4) is 11.1 Å². The van der Waals surface area contributed by atoms with Gasteiger partial charge in [-0.2, -0.15) is 0 Å². The Morgan fingerprint density at radius 2 is 1.61 bits per heavy atom. The topological polar surface area (TPSA) is 129 Å². The van der Waals surface area contributed by atoms with E-state index in [2.05, 4.69) is 0 Å². The first-order chi connectivity index (χ1) is 10.5. The quantitative estimate of drug-likeness (QED) is 0.568. The van der Waals surface area contributed by atoms with Gasteiger partial charge in [0.1, 0.15) is 4.90 Å². The number of halogens is 3. The van der Waals surface area contributed by atoms with E-state index in [0.29, 0.717) is 6.07 Å². The lowest BCUT2D eigenvalue weighted by Gasteiger charge is -2.13. The number of carbonyl (C=O) groups is 1. The van der Waals surface area contributed by atoms with Crippen LogP contribution in [0.3, 0.4) is 0 Å². The highest BCUT2D eigenvalue weighted by Crippen LogP contribution is 2.34. The van der Waals surface area contributed by atoms with Gasteiger partial charge in [0.25, 0.3) is 0 Å². The van der Waals surface area contributed by atoms with E-state index in [1.807, 2.05) is 0 Å². The van der Waals surface area contributed by atoms with Crippen molar-refractivity contribution in [2.45, 2.75) is 4.90 Å². The maximum Gasteiger partial charge on any atom is 0.249 e. The lowest BCUT2D eigenvalue weighted by atomic mass is 9.98. The maximum absolute atomic E-state index is 13.9. The summed E-state index contributed by atoms with van der Waals surface area (Å²) in [5, 5.41) is 4.87. The van der Waals surface area contributed by atoms with Crippen molar-refractivity contribution in [1.29, 1.82) is 0 Å². The van der Waals surface area contributed by atoms with Gasteiger partial charge in [-0.05, 0) is 29.8 Å². The molecule has 10 heteroatoms. The molecule has 0 spiro atoms. The van der Waals surface area contributed by atoms with Crippen LogP contribution in [0.5, 0.6) is 0 Å². The summed E-state index contributed by atoms with van der Waals surface area (Å²) in [5.41, 5.74) is 9.51. The van der Waals surface area contributed by atoms with Gasteiger partial charge in [0.2, 0.25) is 15.9 Å². The summed E-state index contributed by atoms with van der Waals surface area (Å²) in [6.07, 6.45) is 0. The van der Waals surface area contributed by atoms with Gasteiger partial charge in [0.05, 0.1) is 0 Å². The van der Waals surface area contributed by atoms with E-state index >= 15 is 0 Å². The first-order valence-electron chi connectivity index (χ1n) is 5.94. The smallest absolute Gasteiger partial charge is 0.249 e. The number of benzene rings is 2. The number of rotatable bonds is 3. The third kappa shape index (κ3) is 2.98. The molecule has 23 heavy (non-hydrogen) atoms. The number of carbonyl (C=O) groups excluding carboxylic acids is 1. The highest BCUT2D eigenvalue weighted by molar-refractivity contribution is 7.89. The molecule has 0 aliphatic carbocycles. The summed E-state index contributed by atoms with van der Waals surface area (Å²) in [4.78, 5) is 10.1. The van der Waals surface area contributed by atoms with Crippen LogP contribution >= 0.6 is 0 Å². The molecular formula is C13H10F3N3O3S. The third-order valence-corrected chi connectivity index (χ3v) is 3.97. The van der Waals surface area contributed by atoms with E-state index in [9.17, 15) is 26.4 Å². The van der Waals surface area contributed by atoms with Crippen LogP contribution in [0.2, 0.25) is 0 Å². The van der Waals surface area contributed by atoms with Crippen LogP contribution in [0.4, 0.5) is 18.9 Å². The summed E-state index contributed by atoms with van der Waals surface area (Å²) < 4.78 is 64.0. The predicted molar refractivity (Wildman–Crippen MR) is 76.1 cm³/mol. The average molecular weight is 345 g/mol. The number of anilines is 1. The lowest BCUT2D eigenvalue weighted by Crippen LogP contribution is -2.19. The predicted octanol–water partition coefficient (Wildman–Crippen LogP) is 1.10. The second kappa shape index (κ2) is 5.56. The molecule has 0 saturated carbocycles. The van der Waals surface area contributed by atoms with Gasteiger partial charge >= 0.3 is 0 Å². The van der Waals surface area contributed by atoms with Crippen molar-refractivity contribution < 1.29 is 26.4 Å². The normalized spacial score (nSPS) is 11.5. The molecule has 2 aromatic rings. The molecule has 0 saturated heterocycles. The molecule has 0 unspecified atom stereocenters. The molecular weight excluding hydrogens is 335 g/mol. The van der Waals surface area contributed by atoms with E-state index in [0.717, 1.165) is 12.1 Å². The number of hydrogen-bond acceptors (Lipinski definition) is 4. The minimum absolute atomic E-state index is 0.0514. The fourth-order valence-corrected chi connectivity index (χ4v) is 2.87. The van der Waals surface area contributed by atoms with E-state index in [4.69, 9.17) is 16.6 Å². The minimum atomic E-state index is -4.78. The Balaban J connectivity index is 3.01. The van der Waals surface area contributed by atoms with Crippen molar-refractivity contribution in [3.05, 3.63) is 47.3 Å². The Morgan fingerprint density at radius 3 is 2.13 bits per heavy atom. The number of nitrogens with two attached hydrogens (primary N) is 3. The molecule has 0 aromatic heterocycles. The Labute approximate surface area is 128 Å². The van der Waals surface area contributed by atoms with Crippen LogP contribution in [0, 0.1) is 17.5 Å². The number of amides is 1. The maximum atomic E-state index is 13.9. The standard InChI is InChI=1S/C13H10F3N3O3S/c14-9-4-8(12(23(19,21)22)11(16)10(9)15)7-3-5(17)1-2-6(7)13(18)20/h1-4H,17H2,(H2,18,20)(H2,19,21,22). The van der Waals surface area contributed by atoms with Crippen molar-refractivity contribution in [2.24, 2.45) is 10.9 Å². The van der Waals surface area contributed by atoms with Crippen molar-refractivity contribution in [1.82, 2.24) is 0 Å². The third-order valence-electron chi connectivity index (χ3n) is 3.00. The molecule has 0 atom stereocenters. The van der Waals surface area contributed by atoms with Crippen LogP contribution in [0.15, 0.2) is 29.2 Å². The monoisotopic (exact) mass is 345 g/mol. The average Bonchev–Trinajstić information content (AvgIpc) is 2.42. The van der Waals surface area contributed by atoms with Gasteiger partial charge in [0, 0.05) is 16.8 Å². The fraction of sp³-hybridized carbons (Fsp3) is 0. The summed E-state index contributed by atoms with van der Waals surface area (Å²) in [5.74, 6) is -6.68. The van der Waals surface area contributed by atoms with E-state index < -0.39 is 43.8 Å². The lowest BCUT2D eigenvalue weighted by molar-refractivity contribution is 0.100. The Morgan fingerprint density at radius 1 is 1.00 bits per heavy atom. The van der Waals surface area contributed by atoms with Crippen LogP contribution in [0.25, 0.3) is 11.1 Å². The fourth-order valence-electron chi connectivity index (χ4n) is 2.06. The molecule has 0 radical (unpaired) electrons. The Bertz CT molecular complexity index is 930. The summed E-state index contributed by atoms with van der Waals surface area (Å²) >= 11 is 0. The van der Waals surface area contributed by atoms with Gasteiger partial charge in [-0.3, -0.25) is 4.79 Å². The first-order valence-corrected chi connectivity index (χ1v) is 7.48. The molecule has 122 valence electrons. The Hall–Kier alpha value is -2.59. The zero-order valence-electron chi connectivity index (χ0n) is 11.3. The molecule has 0 aliphatic rings. The van der Waals surface area contributed by atoms with Crippen LogP contribution in [0.1, 0.15) is 10.4 Å². The molecule has 1 amide bonds. The molecule has 0 bridgehead atoms. The van der Waals surface area contributed by atoms with Gasteiger partial charge < -0.3 is 11.5 Å². The van der Waals surface area contributed by atoms with Crippen LogP contribution < -0.4 is 16.6 Å². The SMILES string of the molecule is NC(=O)c1ccc(N)cc1-c1cc(F)c(F)c(F)c1S(N)(=O)=O. The summed E-state index contributed by atoms with van der Waals surface area (Å²) in [6, 6.07) is 3.88. The molecule has 2 rings (SSSR count). The second-order valence-electron chi connectivity index (χ2n) is 4.58. The van der Waals surface area contributed by atoms with E-state index in [1.54, 1.807) is 0 Å². The number of nitrogen functional groups attached to an aromatic ring is 1. The molecule has 6 nitrogen and oxygen atoms in total. The van der Waals surface area contributed by atoms with Crippen LogP contribution in [-0.4, -0.2) is 14.3 Å². The largest absolute Gasteiger partial charge is 0.399 e. The molecule has 2 aromatic carbocycles. The molecule has 0 fully saturated rings. The zero-order valence-corrected chi connectivity index (χ0v) is 12.1. The van der Waals surface area contributed by atoms with Gasteiger partial charge in [-0.25, -0.2) is 26.7 Å². The van der Waals surface area contributed by atoms with E-state index in [1.165, 1.54) is 6.07 Å². The van der Waals surface area contributed by atoms with Crippen molar-refractivity contribution in [3.63, 3.8) is 0 Å². The zero-order chi connectivity index (χ0) is 17.5. The highest BCUT2D eigenvalue weighted by atomic mass is 32.2. The first kappa shape index (κ1) is 16.8. The van der Waals surface area contributed by atoms with Gasteiger partial charge in [0.15, 0.2) is 17.5 Å². The highest BCUT2D eigenvalue weighted by Gasteiger charge is 2.28. The van der Waals surface area contributed by atoms with Crippen LogP contribution in [-0.2, 0) is 10.0 Å². The van der Waals surface area contributed by atoms with Crippen molar-refractivity contribution >= 4 is 21.6 Å². The number of primary amides is 1. The molecule has 0 heterocycles. The van der Waals surface area contributed by atoms with Gasteiger partial charge in [-0.1, -0.05) is 0 Å². The number of sulfonamides is 1. The second-order valence-corrected chi connectivity index (χ2v) is 6.08. The summed E-state index contributed by atoms with van der Waals surface area (Å²) in [6.45, 7) is 0. The molecule has 0 aliphatic heterocycles. The molecule has 6 N–H and O–H groups in total. The number of hydrogen-bond donors (Lipinski definition) is 3. The van der Waals surface area contributed by atoms with E-state index in [-0.39, 0.29) is 16.8 Å². The number of primary sulfonamides is 1.